The van der Waals surface area contributed by atoms with Crippen molar-refractivity contribution in [3.63, 3.8) is 0 Å². The predicted molar refractivity (Wildman–Crippen MR) is 68.1 cm³/mol. The number of hydrogen-bond donors (Lipinski definition) is 0. The van der Waals surface area contributed by atoms with Crippen molar-refractivity contribution in [1.29, 1.82) is 10.5 Å². The molecule has 0 rings (SSSR count). The fraction of sp³-hybridized carbons (Fsp3) is 0.667. The second-order valence-electron chi connectivity index (χ2n) is 4.51. The molecular weight excluding hydrogens is 260 g/mol. The van der Waals surface area contributed by atoms with Crippen LogP contribution in [0.1, 0.15) is 27.7 Å². The van der Waals surface area contributed by atoms with Crippen LogP contribution in [0.15, 0.2) is 20.2 Å². The minimum atomic E-state index is -1.42. The Morgan fingerprint density at radius 3 is 1.35 bits per heavy atom. The van der Waals surface area contributed by atoms with E-state index < -0.39 is 23.2 Å². The van der Waals surface area contributed by atoms with Crippen LogP contribution in [0.25, 0.3) is 0 Å². The molecule has 4 unspecified atom stereocenters. The number of azo groups is 1. The monoisotopic (exact) mass is 274 g/mol. The molecule has 0 fully saturated rings. The molecule has 8 nitrogen and oxygen atoms in total. The number of nitrogens with zero attached hydrogens (tertiary/aromatic N) is 6. The number of carbonyl (C=O) groups excluding carboxylic acids is 2. The van der Waals surface area contributed by atoms with Crippen LogP contribution in [0, 0.1) is 22.7 Å². The Kier molecular flexibility index (Phi) is 6.12. The van der Waals surface area contributed by atoms with E-state index in [9.17, 15) is 9.59 Å². The smallest absolute Gasteiger partial charge is 0.211 e. The molecule has 0 heterocycles. The van der Waals surface area contributed by atoms with Gasteiger partial charge in [-0.3, -0.25) is 0 Å². The van der Waals surface area contributed by atoms with Gasteiger partial charge in [0.1, 0.15) is 0 Å². The van der Waals surface area contributed by atoms with Crippen molar-refractivity contribution in [3.05, 3.63) is 0 Å². The molecule has 104 valence electrons. The predicted octanol–water partition coefficient (Wildman–Crippen LogP) is 1.45. The summed E-state index contributed by atoms with van der Waals surface area (Å²) in [5, 5.41) is 25.9. The molecular formula is C12H14N6O2. The summed E-state index contributed by atoms with van der Waals surface area (Å²) >= 11 is 0. The molecule has 0 aromatic heterocycles. The van der Waals surface area contributed by atoms with Gasteiger partial charge in [-0.05, 0) is 27.7 Å². The molecule has 0 aliphatic heterocycles. The molecule has 0 bridgehead atoms. The zero-order chi connectivity index (χ0) is 15.8. The fourth-order valence-corrected chi connectivity index (χ4v) is 1.02. The maximum Gasteiger partial charge on any atom is 0.235 e. The molecule has 0 aliphatic carbocycles. The fourth-order valence-electron chi connectivity index (χ4n) is 1.02. The van der Waals surface area contributed by atoms with Gasteiger partial charge < -0.3 is 0 Å². The van der Waals surface area contributed by atoms with Gasteiger partial charge in [0.15, 0.2) is 11.1 Å². The molecule has 0 aromatic carbocycles. The van der Waals surface area contributed by atoms with Crippen molar-refractivity contribution < 1.29 is 9.59 Å². The summed E-state index contributed by atoms with van der Waals surface area (Å²) in [6.07, 6.45) is 2.70. The molecule has 0 spiro atoms. The van der Waals surface area contributed by atoms with Crippen molar-refractivity contribution in [3.8, 4) is 12.1 Å². The lowest BCUT2D eigenvalue weighted by Crippen LogP contribution is -2.36. The molecule has 0 aromatic rings. The molecule has 0 radical (unpaired) electrons. The van der Waals surface area contributed by atoms with Crippen LogP contribution in [0.4, 0.5) is 0 Å². The molecule has 0 aliphatic rings. The van der Waals surface area contributed by atoms with Gasteiger partial charge in [0.05, 0.1) is 24.2 Å². The van der Waals surface area contributed by atoms with E-state index in [1.54, 1.807) is 0 Å². The Morgan fingerprint density at radius 2 is 1.15 bits per heavy atom. The van der Waals surface area contributed by atoms with Crippen molar-refractivity contribution in [1.82, 2.24) is 0 Å². The summed E-state index contributed by atoms with van der Waals surface area (Å²) in [6.45, 7) is 5.86. The largest absolute Gasteiger partial charge is 0.235 e. The lowest BCUT2D eigenvalue weighted by molar-refractivity contribution is 0.412. The first kappa shape index (κ1) is 17.3. The van der Waals surface area contributed by atoms with Gasteiger partial charge in [0.25, 0.3) is 0 Å². The summed E-state index contributed by atoms with van der Waals surface area (Å²) in [5.41, 5.74) is -2.83. The number of aliphatic imine (C=N–C) groups is 2. The van der Waals surface area contributed by atoms with Crippen LogP contribution < -0.4 is 0 Å². The Morgan fingerprint density at radius 1 is 0.850 bits per heavy atom. The number of nitriles is 2. The van der Waals surface area contributed by atoms with E-state index in [-0.39, 0.29) is 0 Å². The zero-order valence-corrected chi connectivity index (χ0v) is 11.7. The molecule has 4 atom stereocenters. The first-order valence-corrected chi connectivity index (χ1v) is 5.70. The highest BCUT2D eigenvalue weighted by Gasteiger charge is 2.36. The molecule has 0 saturated carbocycles. The highest BCUT2D eigenvalue weighted by Crippen LogP contribution is 2.23. The van der Waals surface area contributed by atoms with E-state index >= 15 is 0 Å². The van der Waals surface area contributed by atoms with Crippen LogP contribution in [0.3, 0.4) is 0 Å². The van der Waals surface area contributed by atoms with E-state index in [1.165, 1.54) is 39.9 Å². The van der Waals surface area contributed by atoms with E-state index in [2.05, 4.69) is 20.2 Å². The van der Waals surface area contributed by atoms with Crippen LogP contribution in [-0.2, 0) is 9.59 Å². The normalized spacial score (nSPS) is 19.1. The van der Waals surface area contributed by atoms with Crippen LogP contribution in [0.5, 0.6) is 0 Å². The molecule has 0 N–H and O–H groups in total. The molecule has 8 heteroatoms. The average molecular weight is 274 g/mol. The van der Waals surface area contributed by atoms with Crippen molar-refractivity contribution in [2.45, 2.75) is 50.9 Å². The van der Waals surface area contributed by atoms with E-state index in [4.69, 9.17) is 10.5 Å². The molecule has 0 saturated heterocycles. The van der Waals surface area contributed by atoms with E-state index in [0.717, 1.165) is 0 Å². The van der Waals surface area contributed by atoms with Crippen molar-refractivity contribution in [2.24, 2.45) is 20.2 Å². The van der Waals surface area contributed by atoms with E-state index in [0.29, 0.717) is 0 Å². The number of isocyanates is 2. The summed E-state index contributed by atoms with van der Waals surface area (Å²) < 4.78 is 0. The van der Waals surface area contributed by atoms with Crippen LogP contribution in [0.2, 0.25) is 0 Å². The summed E-state index contributed by atoms with van der Waals surface area (Å²) in [4.78, 5) is 27.3. The quantitative estimate of drug-likeness (QED) is 0.412. The third-order valence-corrected chi connectivity index (χ3v) is 3.04. The van der Waals surface area contributed by atoms with Crippen LogP contribution >= 0.6 is 0 Å². The second-order valence-corrected chi connectivity index (χ2v) is 4.51. The standard InChI is InChI=1S/C12H14N6O2/c1-9(15-7-19)11(3,5-13)17-18-12(4,6-14)10(2)16-8-20/h9-10H,1-4H3/b18-17+. The number of rotatable bonds is 6. The van der Waals surface area contributed by atoms with Gasteiger partial charge in [-0.1, -0.05) is 0 Å². The maximum atomic E-state index is 10.2. The maximum absolute atomic E-state index is 10.2. The van der Waals surface area contributed by atoms with Gasteiger partial charge in [-0.2, -0.15) is 30.7 Å². The highest BCUT2D eigenvalue weighted by atomic mass is 16.1. The van der Waals surface area contributed by atoms with Gasteiger partial charge >= 0.3 is 0 Å². The first-order chi connectivity index (χ1) is 9.29. The van der Waals surface area contributed by atoms with E-state index in [1.807, 2.05) is 12.1 Å². The SMILES string of the molecule is CC(N=C=O)C(C)(C#N)/N=N/C(C)(C#N)C(C)N=C=O. The lowest BCUT2D eigenvalue weighted by atomic mass is 9.96. The summed E-state index contributed by atoms with van der Waals surface area (Å²) in [7, 11) is 0. The molecule has 20 heavy (non-hydrogen) atoms. The lowest BCUT2D eigenvalue weighted by Gasteiger charge is -2.23. The Hall–Kier alpha value is -2.66. The van der Waals surface area contributed by atoms with Gasteiger partial charge in [-0.25, -0.2) is 9.59 Å². The van der Waals surface area contributed by atoms with Crippen molar-refractivity contribution in [2.75, 3.05) is 0 Å². The Balaban J connectivity index is 5.54. The Labute approximate surface area is 116 Å². The Bertz CT molecular complexity index is 511. The third kappa shape index (κ3) is 3.93. The highest BCUT2D eigenvalue weighted by molar-refractivity contribution is 5.35. The minimum Gasteiger partial charge on any atom is -0.211 e. The van der Waals surface area contributed by atoms with Gasteiger partial charge in [0.2, 0.25) is 12.2 Å². The number of hydrogen-bond acceptors (Lipinski definition) is 8. The summed E-state index contributed by atoms with van der Waals surface area (Å²) in [6, 6.07) is 2.21. The first-order valence-electron chi connectivity index (χ1n) is 5.70. The average Bonchev–Trinajstić information content (AvgIpc) is 2.44. The molecule has 0 amide bonds. The van der Waals surface area contributed by atoms with Gasteiger partial charge in [0, 0.05) is 0 Å². The minimum absolute atomic E-state index is 0.776. The second kappa shape index (κ2) is 7.06. The zero-order valence-electron chi connectivity index (χ0n) is 11.7. The topological polar surface area (TPSA) is 131 Å². The van der Waals surface area contributed by atoms with Gasteiger partial charge in [-0.15, -0.1) is 0 Å². The third-order valence-electron chi connectivity index (χ3n) is 3.04. The summed E-state index contributed by atoms with van der Waals surface area (Å²) in [5.74, 6) is 0. The van der Waals surface area contributed by atoms with Crippen molar-refractivity contribution >= 4 is 12.2 Å². The van der Waals surface area contributed by atoms with Crippen LogP contribution in [-0.4, -0.2) is 35.3 Å².